The molecule has 7 nitrogen and oxygen atoms in total. The second-order valence-corrected chi connectivity index (χ2v) is 8.03. The fourth-order valence-electron chi connectivity index (χ4n) is 4.00. The summed E-state index contributed by atoms with van der Waals surface area (Å²) in [5.41, 5.74) is -1.83. The van der Waals surface area contributed by atoms with Crippen LogP contribution in [0.15, 0.2) is 48.9 Å². The molecule has 0 bridgehead atoms. The average Bonchev–Trinajstić information content (AvgIpc) is 3.44. The molecule has 1 aromatic carbocycles. The van der Waals surface area contributed by atoms with Crippen molar-refractivity contribution in [1.29, 1.82) is 0 Å². The van der Waals surface area contributed by atoms with E-state index in [2.05, 4.69) is 20.5 Å². The van der Waals surface area contributed by atoms with Crippen molar-refractivity contribution in [3.05, 3.63) is 70.8 Å². The molecule has 1 unspecified atom stereocenters. The third-order valence-corrected chi connectivity index (χ3v) is 5.93. The van der Waals surface area contributed by atoms with Gasteiger partial charge in [-0.1, -0.05) is 36.6 Å². The SMILES string of the molecule is O=C(NC(c1cccc(-n2nccn2)c1)C1(O)CCCC1)c1nccc(C(F)(F)F)c1Cl. The van der Waals surface area contributed by atoms with E-state index in [4.69, 9.17) is 11.6 Å². The van der Waals surface area contributed by atoms with Crippen LogP contribution in [0.3, 0.4) is 0 Å². The van der Waals surface area contributed by atoms with Gasteiger partial charge in [0.15, 0.2) is 0 Å². The summed E-state index contributed by atoms with van der Waals surface area (Å²) in [6.07, 6.45) is 1.53. The van der Waals surface area contributed by atoms with Crippen LogP contribution in [0, 0.1) is 0 Å². The molecule has 32 heavy (non-hydrogen) atoms. The predicted molar refractivity (Wildman–Crippen MR) is 109 cm³/mol. The molecule has 0 aliphatic heterocycles. The molecule has 1 aliphatic rings. The van der Waals surface area contributed by atoms with E-state index in [0.29, 0.717) is 30.2 Å². The van der Waals surface area contributed by atoms with Gasteiger partial charge in [-0.25, -0.2) is 4.98 Å². The number of hydrogen-bond acceptors (Lipinski definition) is 5. The van der Waals surface area contributed by atoms with Gasteiger partial charge in [0.25, 0.3) is 5.91 Å². The van der Waals surface area contributed by atoms with Gasteiger partial charge in [-0.3, -0.25) is 4.79 Å². The van der Waals surface area contributed by atoms with Gasteiger partial charge in [0, 0.05) is 6.20 Å². The zero-order valence-electron chi connectivity index (χ0n) is 16.7. The van der Waals surface area contributed by atoms with Crippen molar-refractivity contribution in [2.24, 2.45) is 0 Å². The molecule has 1 amide bonds. The van der Waals surface area contributed by atoms with Crippen molar-refractivity contribution in [3.8, 4) is 5.69 Å². The maximum atomic E-state index is 13.2. The van der Waals surface area contributed by atoms with Gasteiger partial charge < -0.3 is 10.4 Å². The van der Waals surface area contributed by atoms with E-state index in [9.17, 15) is 23.1 Å². The highest BCUT2D eigenvalue weighted by atomic mass is 35.5. The second-order valence-electron chi connectivity index (χ2n) is 7.65. The maximum absolute atomic E-state index is 13.2. The minimum Gasteiger partial charge on any atom is -0.387 e. The lowest BCUT2D eigenvalue weighted by atomic mass is 9.86. The summed E-state index contributed by atoms with van der Waals surface area (Å²) in [5, 5.41) is 21.3. The first-order valence-electron chi connectivity index (χ1n) is 9.91. The van der Waals surface area contributed by atoms with Crippen LogP contribution in [-0.4, -0.2) is 36.6 Å². The molecular formula is C21H19ClF3N5O2. The molecule has 4 rings (SSSR count). The fraction of sp³-hybridized carbons (Fsp3) is 0.333. The molecule has 0 saturated heterocycles. The Balaban J connectivity index is 1.71. The fourth-order valence-corrected chi connectivity index (χ4v) is 4.31. The molecular weight excluding hydrogens is 447 g/mol. The Hall–Kier alpha value is -2.98. The molecule has 2 heterocycles. The molecule has 11 heteroatoms. The number of aromatic nitrogens is 4. The number of amides is 1. The van der Waals surface area contributed by atoms with Crippen molar-refractivity contribution in [3.63, 3.8) is 0 Å². The van der Waals surface area contributed by atoms with Crippen LogP contribution in [0.2, 0.25) is 5.02 Å². The third kappa shape index (κ3) is 4.33. The number of rotatable bonds is 5. The van der Waals surface area contributed by atoms with Crippen LogP contribution in [0.4, 0.5) is 13.2 Å². The summed E-state index contributed by atoms with van der Waals surface area (Å²) in [6.45, 7) is 0. The van der Waals surface area contributed by atoms with Crippen LogP contribution >= 0.6 is 11.6 Å². The molecule has 0 spiro atoms. The van der Waals surface area contributed by atoms with Gasteiger partial charge >= 0.3 is 6.18 Å². The van der Waals surface area contributed by atoms with Gasteiger partial charge in [-0.15, -0.1) is 0 Å². The van der Waals surface area contributed by atoms with Crippen LogP contribution < -0.4 is 5.32 Å². The first-order chi connectivity index (χ1) is 15.2. The van der Waals surface area contributed by atoms with E-state index in [-0.39, 0.29) is 0 Å². The number of carbonyl (C=O) groups is 1. The molecule has 0 radical (unpaired) electrons. The van der Waals surface area contributed by atoms with Crippen molar-refractivity contribution in [2.45, 2.75) is 43.5 Å². The van der Waals surface area contributed by atoms with Crippen LogP contribution in [0.25, 0.3) is 5.69 Å². The Labute approximate surface area is 186 Å². The minimum atomic E-state index is -4.73. The number of pyridine rings is 1. The van der Waals surface area contributed by atoms with Gasteiger partial charge in [0.2, 0.25) is 0 Å². The van der Waals surface area contributed by atoms with E-state index < -0.39 is 40.0 Å². The molecule has 2 aromatic heterocycles. The largest absolute Gasteiger partial charge is 0.417 e. The zero-order valence-corrected chi connectivity index (χ0v) is 17.4. The van der Waals surface area contributed by atoms with Crippen molar-refractivity contribution in [2.75, 3.05) is 0 Å². The van der Waals surface area contributed by atoms with E-state index in [1.165, 1.54) is 17.2 Å². The predicted octanol–water partition coefficient (Wildman–Crippen LogP) is 4.11. The standard InChI is InChI=1S/C21H19ClF3N5O2/c22-16-15(21(23,24)25)6-9-26-17(16)19(31)29-18(20(32)7-1-2-8-20)13-4-3-5-14(12-13)30-27-10-11-28-30/h3-6,9-12,18,32H,1-2,7-8H2,(H,29,31). The molecule has 3 aromatic rings. The Morgan fingerprint density at radius 3 is 2.50 bits per heavy atom. The smallest absolute Gasteiger partial charge is 0.387 e. The van der Waals surface area contributed by atoms with Crippen molar-refractivity contribution in [1.82, 2.24) is 25.3 Å². The molecule has 168 valence electrons. The van der Waals surface area contributed by atoms with E-state index in [0.717, 1.165) is 19.0 Å². The first kappa shape index (κ1) is 22.2. The second kappa shape index (κ2) is 8.51. The number of aliphatic hydroxyl groups is 1. The lowest BCUT2D eigenvalue weighted by molar-refractivity contribution is -0.137. The van der Waals surface area contributed by atoms with Crippen LogP contribution in [-0.2, 0) is 6.18 Å². The van der Waals surface area contributed by atoms with Crippen molar-refractivity contribution < 1.29 is 23.1 Å². The molecule has 1 fully saturated rings. The number of benzene rings is 1. The van der Waals surface area contributed by atoms with Gasteiger partial charge in [0.05, 0.1) is 40.3 Å². The zero-order chi connectivity index (χ0) is 22.9. The molecule has 1 aliphatic carbocycles. The van der Waals surface area contributed by atoms with E-state index in [1.54, 1.807) is 24.3 Å². The van der Waals surface area contributed by atoms with E-state index >= 15 is 0 Å². The maximum Gasteiger partial charge on any atom is 0.417 e. The highest BCUT2D eigenvalue weighted by Gasteiger charge is 2.42. The number of halogens is 4. The Morgan fingerprint density at radius 2 is 1.84 bits per heavy atom. The Kier molecular flexibility index (Phi) is 5.91. The summed E-state index contributed by atoms with van der Waals surface area (Å²) < 4.78 is 39.6. The average molecular weight is 466 g/mol. The molecule has 1 atom stereocenters. The monoisotopic (exact) mass is 465 g/mol. The van der Waals surface area contributed by atoms with Gasteiger partial charge in [0.1, 0.15) is 5.69 Å². The van der Waals surface area contributed by atoms with Gasteiger partial charge in [-0.05, 0) is 36.6 Å². The number of carbonyl (C=O) groups excluding carboxylic acids is 1. The molecule has 2 N–H and O–H groups in total. The minimum absolute atomic E-state index is 0.423. The summed E-state index contributed by atoms with van der Waals surface area (Å²) in [6, 6.07) is 6.72. The number of hydrogen-bond donors (Lipinski definition) is 2. The first-order valence-corrected chi connectivity index (χ1v) is 10.3. The lowest BCUT2D eigenvalue weighted by Crippen LogP contribution is -2.44. The van der Waals surface area contributed by atoms with Crippen LogP contribution in [0.5, 0.6) is 0 Å². The summed E-state index contributed by atoms with van der Waals surface area (Å²) in [5.74, 6) is -0.908. The van der Waals surface area contributed by atoms with Crippen molar-refractivity contribution >= 4 is 17.5 Å². The quantitative estimate of drug-likeness (QED) is 0.591. The van der Waals surface area contributed by atoms with Crippen LogP contribution in [0.1, 0.15) is 53.3 Å². The number of nitrogens with zero attached hydrogens (tertiary/aromatic N) is 4. The molecule has 1 saturated carbocycles. The summed E-state index contributed by atoms with van der Waals surface area (Å²) >= 11 is 5.88. The summed E-state index contributed by atoms with van der Waals surface area (Å²) in [7, 11) is 0. The van der Waals surface area contributed by atoms with E-state index in [1.807, 2.05) is 0 Å². The number of alkyl halides is 3. The highest BCUT2D eigenvalue weighted by molar-refractivity contribution is 6.34. The highest BCUT2D eigenvalue weighted by Crippen LogP contribution is 2.41. The summed E-state index contributed by atoms with van der Waals surface area (Å²) in [4.78, 5) is 18.1. The Bertz CT molecular complexity index is 1110. The Morgan fingerprint density at radius 1 is 1.16 bits per heavy atom. The topological polar surface area (TPSA) is 92.9 Å². The third-order valence-electron chi connectivity index (χ3n) is 5.55. The lowest BCUT2D eigenvalue weighted by Gasteiger charge is -2.34. The van der Waals surface area contributed by atoms with Gasteiger partial charge in [-0.2, -0.15) is 28.2 Å². The number of nitrogens with one attached hydrogen (secondary N) is 1. The normalized spacial score (nSPS) is 16.7.